The van der Waals surface area contributed by atoms with Crippen LogP contribution in [-0.4, -0.2) is 52.7 Å². The van der Waals surface area contributed by atoms with E-state index in [2.05, 4.69) is 102 Å². The summed E-state index contributed by atoms with van der Waals surface area (Å²) in [5.74, 6) is 0.278. The Morgan fingerprint density at radius 1 is 0.780 bits per heavy atom. The van der Waals surface area contributed by atoms with E-state index < -0.39 is 28.4 Å². The minimum atomic E-state index is -2.02. The molecule has 0 aromatic heterocycles. The number of aldehydes is 1. The smallest absolute Gasteiger partial charge is 0.348 e. The monoisotopic (exact) mass is 732 g/mol. The lowest BCUT2D eigenvalue weighted by molar-refractivity contribution is -0.207. The number of esters is 1. The predicted octanol–water partition coefficient (Wildman–Crippen LogP) is 10.9. The van der Waals surface area contributed by atoms with Crippen LogP contribution in [0.25, 0.3) is 0 Å². The van der Waals surface area contributed by atoms with E-state index in [1.165, 1.54) is 5.57 Å². The zero-order valence-corrected chi connectivity index (χ0v) is 37.2. The van der Waals surface area contributed by atoms with Crippen LogP contribution in [0, 0.1) is 23.7 Å². The van der Waals surface area contributed by atoms with Gasteiger partial charge in [0.1, 0.15) is 17.6 Å². The number of rotatable bonds is 9. The van der Waals surface area contributed by atoms with E-state index in [0.717, 1.165) is 36.7 Å². The molecule has 3 aliphatic rings. The molecular weight excluding hydrogens is 661 g/mol. The molecule has 0 amide bonds. The molecule has 0 aromatic carbocycles. The van der Waals surface area contributed by atoms with Crippen LogP contribution in [0.3, 0.4) is 0 Å². The topological polar surface area (TPSA) is 88.1 Å². The predicted molar refractivity (Wildman–Crippen MR) is 210 cm³/mol. The second kappa shape index (κ2) is 16.1. The molecule has 1 aliphatic heterocycles. The van der Waals surface area contributed by atoms with Gasteiger partial charge in [0.05, 0.1) is 12.2 Å². The van der Waals surface area contributed by atoms with Crippen molar-refractivity contribution >= 4 is 34.7 Å². The highest BCUT2D eigenvalue weighted by Gasteiger charge is 2.45. The van der Waals surface area contributed by atoms with Crippen molar-refractivity contribution in [3.63, 3.8) is 0 Å². The second-order valence-corrected chi connectivity index (χ2v) is 28.8. The molecule has 0 N–H and O–H groups in total. The lowest BCUT2D eigenvalue weighted by Gasteiger charge is -2.43. The molecule has 0 aromatic rings. The van der Waals surface area contributed by atoms with Crippen molar-refractivity contribution in [2.24, 2.45) is 23.7 Å². The average molecular weight is 733 g/mol. The van der Waals surface area contributed by atoms with E-state index in [9.17, 15) is 14.4 Å². The highest BCUT2D eigenvalue weighted by atomic mass is 28.4. The van der Waals surface area contributed by atoms with Gasteiger partial charge >= 0.3 is 5.97 Å². The molecule has 0 saturated heterocycles. The van der Waals surface area contributed by atoms with Gasteiger partial charge in [0.25, 0.3) is 0 Å². The van der Waals surface area contributed by atoms with E-state index in [1.807, 2.05) is 6.92 Å². The van der Waals surface area contributed by atoms with Gasteiger partial charge < -0.3 is 18.3 Å². The maximum atomic E-state index is 13.5. The fourth-order valence-corrected chi connectivity index (χ4v) is 9.04. The van der Waals surface area contributed by atoms with Gasteiger partial charge in [-0.2, -0.15) is 0 Å². The van der Waals surface area contributed by atoms with Gasteiger partial charge in [0.15, 0.2) is 22.4 Å². The Hall–Kier alpha value is -1.82. The molecule has 0 fully saturated rings. The van der Waals surface area contributed by atoms with E-state index in [0.29, 0.717) is 41.4 Å². The van der Waals surface area contributed by atoms with Crippen molar-refractivity contribution in [2.45, 2.75) is 184 Å². The number of carbonyl (C=O) groups excluding carboxylic acids is 3. The number of cyclic esters (lactones) is 1. The summed E-state index contributed by atoms with van der Waals surface area (Å²) in [6.07, 6.45) is 4.61. The van der Waals surface area contributed by atoms with Gasteiger partial charge in [0, 0.05) is 19.4 Å². The summed E-state index contributed by atoms with van der Waals surface area (Å²) in [4.78, 5) is 37.5. The van der Waals surface area contributed by atoms with Crippen molar-refractivity contribution < 1.29 is 32.7 Å². The number of ketones is 1. The summed E-state index contributed by atoms with van der Waals surface area (Å²) in [5, 5.41) is 0.285. The third kappa shape index (κ3) is 10.6. The van der Waals surface area contributed by atoms with Gasteiger partial charge in [-0.15, -0.1) is 0 Å². The van der Waals surface area contributed by atoms with Crippen molar-refractivity contribution in [1.29, 1.82) is 0 Å². The SMILES string of the molecule is CC1=C(C(=O)C2=C(C)[C@@H](O[Si](C)(C)C(C)(C)C)C[C@@H](C(C)C)C2)C(=O)OC(C)(C)O1.CC1=C(C=O)C[C@H](C(C)C)C[C@@H]1O[Si](C)(C)C(C)(C)C. The number of ether oxygens (including phenoxy) is 2. The molecule has 3 rings (SSSR count). The first kappa shape index (κ1) is 44.3. The number of Topliss-reactive ketones (excluding diaryl/α,β-unsaturated/α-hetero) is 1. The van der Waals surface area contributed by atoms with Gasteiger partial charge in [0.2, 0.25) is 5.79 Å². The van der Waals surface area contributed by atoms with E-state index in [-0.39, 0.29) is 33.6 Å². The van der Waals surface area contributed by atoms with E-state index in [4.69, 9.17) is 18.3 Å². The Morgan fingerprint density at radius 3 is 1.58 bits per heavy atom. The zero-order valence-electron chi connectivity index (χ0n) is 35.2. The maximum absolute atomic E-state index is 13.5. The van der Waals surface area contributed by atoms with Crippen LogP contribution in [0.1, 0.15) is 130 Å². The van der Waals surface area contributed by atoms with E-state index in [1.54, 1.807) is 20.8 Å². The zero-order chi connectivity index (χ0) is 38.9. The van der Waals surface area contributed by atoms with Gasteiger partial charge in [-0.25, -0.2) is 4.79 Å². The normalized spacial score (nSPS) is 25.3. The molecule has 0 radical (unpaired) electrons. The van der Waals surface area contributed by atoms with Crippen LogP contribution in [0.5, 0.6) is 0 Å². The highest BCUT2D eigenvalue weighted by Crippen LogP contribution is 2.44. The molecule has 286 valence electrons. The first-order valence-electron chi connectivity index (χ1n) is 18.8. The Labute approximate surface area is 307 Å². The van der Waals surface area contributed by atoms with Gasteiger partial charge in [-0.05, 0) is 123 Å². The Morgan fingerprint density at radius 2 is 1.20 bits per heavy atom. The average Bonchev–Trinajstić information content (AvgIpc) is 2.92. The fraction of sp³-hybridized carbons (Fsp3) is 0.780. The number of hydrogen-bond donors (Lipinski definition) is 0. The summed E-state index contributed by atoms with van der Waals surface area (Å²) in [6, 6.07) is 0. The highest BCUT2D eigenvalue weighted by molar-refractivity contribution is 6.74. The lowest BCUT2D eigenvalue weighted by Crippen LogP contribution is -2.46. The molecule has 0 unspecified atom stereocenters. The second-order valence-electron chi connectivity index (χ2n) is 19.3. The van der Waals surface area contributed by atoms with Crippen LogP contribution < -0.4 is 0 Å². The van der Waals surface area contributed by atoms with Crippen LogP contribution in [-0.2, 0) is 32.7 Å². The first-order valence-corrected chi connectivity index (χ1v) is 24.7. The Kier molecular flexibility index (Phi) is 14.2. The molecule has 0 saturated carbocycles. The van der Waals surface area contributed by atoms with Crippen LogP contribution in [0.4, 0.5) is 0 Å². The van der Waals surface area contributed by atoms with Crippen molar-refractivity contribution in [1.82, 2.24) is 0 Å². The molecule has 50 heavy (non-hydrogen) atoms. The molecule has 1 heterocycles. The molecule has 0 spiro atoms. The lowest BCUT2D eigenvalue weighted by atomic mass is 9.75. The molecule has 7 nitrogen and oxygen atoms in total. The third-order valence-electron chi connectivity index (χ3n) is 12.2. The maximum Gasteiger partial charge on any atom is 0.348 e. The van der Waals surface area contributed by atoms with Crippen LogP contribution in [0.15, 0.2) is 33.6 Å². The number of carbonyl (C=O) groups is 3. The summed E-state index contributed by atoms with van der Waals surface area (Å²) >= 11 is 0. The summed E-state index contributed by atoms with van der Waals surface area (Å²) in [6.45, 7) is 40.4. The summed E-state index contributed by atoms with van der Waals surface area (Å²) in [7, 11) is -3.81. The molecule has 2 aliphatic carbocycles. The van der Waals surface area contributed by atoms with E-state index >= 15 is 0 Å². The van der Waals surface area contributed by atoms with Crippen molar-refractivity contribution in [2.75, 3.05) is 0 Å². The summed E-state index contributed by atoms with van der Waals surface area (Å²) < 4.78 is 24.4. The van der Waals surface area contributed by atoms with Crippen LogP contribution in [0.2, 0.25) is 36.3 Å². The quantitative estimate of drug-likeness (QED) is 0.101. The molecule has 4 atom stereocenters. The summed E-state index contributed by atoms with van der Waals surface area (Å²) in [5.41, 5.74) is 3.78. The first-order chi connectivity index (χ1) is 22.5. The minimum absolute atomic E-state index is 0.0131. The molecular formula is C41H72O7Si2. The minimum Gasteiger partial charge on any atom is -0.456 e. The Balaban J connectivity index is 0.000000377. The molecule has 9 heteroatoms. The van der Waals surface area contributed by atoms with Gasteiger partial charge in [-0.3, -0.25) is 9.59 Å². The standard InChI is InChI=1S/C24H40O5Si.C17H32O2Si/c1-14(2)17-12-18(15(3)19(13-17)29-30(10,11)23(5,6)7)21(25)20-16(4)27-24(8,9)28-22(20)26;1-12(2)14-9-15(11-18)13(3)16(10-14)19-20(7,8)17(4,5)6/h14,17,19H,12-13H2,1-11H3;11-12,14,16H,9-10H2,1-8H3/t17-,19-;14-,16-/m00/s1. The van der Waals surface area contributed by atoms with Gasteiger partial charge in [-0.1, -0.05) is 69.2 Å². The third-order valence-corrected chi connectivity index (χ3v) is 21.2. The van der Waals surface area contributed by atoms with Crippen LogP contribution >= 0.6 is 0 Å². The Bertz CT molecular complexity index is 1370. The molecule has 0 bridgehead atoms. The number of hydrogen-bond acceptors (Lipinski definition) is 7. The fourth-order valence-electron chi connectivity index (χ4n) is 6.37. The van der Waals surface area contributed by atoms with Crippen molar-refractivity contribution in [3.05, 3.63) is 33.6 Å². The largest absolute Gasteiger partial charge is 0.456 e. The number of allylic oxidation sites excluding steroid dienone is 3. The van der Waals surface area contributed by atoms with Crippen molar-refractivity contribution in [3.8, 4) is 0 Å².